The molecule has 1 aliphatic rings. The molecule has 0 radical (unpaired) electrons. The van der Waals surface area contributed by atoms with E-state index in [0.717, 1.165) is 19.3 Å². The SMILES string of the molecule is NC(=S)N=Nc1c(O)[nH]c2ccc(S(=O)(=O)N3CCCCC3)cc12. The topological polar surface area (TPSA) is 124 Å². The predicted octanol–water partition coefficient (Wildman–Crippen LogP) is 2.38. The lowest BCUT2D eigenvalue weighted by Gasteiger charge is -2.25. The van der Waals surface area contributed by atoms with Gasteiger partial charge in [0.15, 0.2) is 5.69 Å². The first-order valence-corrected chi connectivity index (χ1v) is 9.30. The highest BCUT2D eigenvalue weighted by molar-refractivity contribution is 7.89. The van der Waals surface area contributed by atoms with E-state index >= 15 is 0 Å². The van der Waals surface area contributed by atoms with E-state index < -0.39 is 10.0 Å². The maximum Gasteiger partial charge on any atom is 0.243 e. The molecule has 3 rings (SSSR count). The Morgan fingerprint density at radius 1 is 1.29 bits per heavy atom. The molecule has 0 amide bonds. The van der Waals surface area contributed by atoms with Crippen LogP contribution in [0.1, 0.15) is 19.3 Å². The number of thiocarbonyl (C=S) groups is 1. The predicted molar refractivity (Wildman–Crippen MR) is 93.9 cm³/mol. The Kier molecular flexibility index (Phi) is 4.52. The van der Waals surface area contributed by atoms with Gasteiger partial charge in [0, 0.05) is 18.5 Å². The van der Waals surface area contributed by atoms with Gasteiger partial charge in [-0.1, -0.05) is 6.42 Å². The van der Waals surface area contributed by atoms with Gasteiger partial charge in [0.1, 0.15) is 0 Å². The van der Waals surface area contributed by atoms with Crippen molar-refractivity contribution in [2.45, 2.75) is 24.2 Å². The molecule has 0 aliphatic carbocycles. The number of nitrogens with one attached hydrogen (secondary N) is 1. The highest BCUT2D eigenvalue weighted by Gasteiger charge is 2.26. The van der Waals surface area contributed by atoms with Crippen LogP contribution in [0.3, 0.4) is 0 Å². The van der Waals surface area contributed by atoms with Crippen molar-refractivity contribution in [1.29, 1.82) is 0 Å². The van der Waals surface area contributed by atoms with Crippen LogP contribution >= 0.6 is 12.2 Å². The summed E-state index contributed by atoms with van der Waals surface area (Å²) in [5.74, 6) is -0.225. The zero-order valence-corrected chi connectivity index (χ0v) is 14.4. The van der Waals surface area contributed by atoms with Crippen LogP contribution in [0, 0.1) is 0 Å². The number of rotatable bonds is 3. The maximum atomic E-state index is 12.8. The number of nitrogens with zero attached hydrogens (tertiary/aromatic N) is 3. The first kappa shape index (κ1) is 16.8. The summed E-state index contributed by atoms with van der Waals surface area (Å²) in [4.78, 5) is 2.87. The fraction of sp³-hybridized carbons (Fsp3) is 0.357. The number of fused-ring (bicyclic) bond motifs is 1. The van der Waals surface area contributed by atoms with Crippen LogP contribution in [0.4, 0.5) is 5.69 Å². The van der Waals surface area contributed by atoms with Crippen molar-refractivity contribution in [1.82, 2.24) is 9.29 Å². The molecule has 0 unspecified atom stereocenters. The third kappa shape index (κ3) is 3.12. The fourth-order valence-corrected chi connectivity index (χ4v) is 4.34. The van der Waals surface area contributed by atoms with Gasteiger partial charge >= 0.3 is 0 Å². The summed E-state index contributed by atoms with van der Waals surface area (Å²) < 4.78 is 27.0. The Bertz CT molecular complexity index is 914. The molecule has 2 aromatic rings. The molecule has 1 aromatic carbocycles. The van der Waals surface area contributed by atoms with E-state index in [1.165, 1.54) is 16.4 Å². The van der Waals surface area contributed by atoms with Gasteiger partial charge in [-0.05, 0) is 43.3 Å². The molecule has 0 bridgehead atoms. The Morgan fingerprint density at radius 2 is 2.00 bits per heavy atom. The fourth-order valence-electron chi connectivity index (χ4n) is 2.76. The summed E-state index contributed by atoms with van der Waals surface area (Å²) in [7, 11) is -3.58. The summed E-state index contributed by atoms with van der Waals surface area (Å²) in [6, 6.07) is 4.58. The minimum absolute atomic E-state index is 0.105. The van der Waals surface area contributed by atoms with E-state index in [4.69, 9.17) is 5.73 Å². The average molecular weight is 367 g/mol. The minimum Gasteiger partial charge on any atom is -0.493 e. The Labute approximate surface area is 144 Å². The Morgan fingerprint density at radius 3 is 2.67 bits per heavy atom. The van der Waals surface area contributed by atoms with Gasteiger partial charge in [-0.15, -0.1) is 10.2 Å². The van der Waals surface area contributed by atoms with Gasteiger partial charge < -0.3 is 15.8 Å². The largest absolute Gasteiger partial charge is 0.493 e. The number of hydrogen-bond acceptors (Lipinski definition) is 5. The summed E-state index contributed by atoms with van der Waals surface area (Å²) in [5, 5.41) is 17.5. The Hall–Kier alpha value is -2.04. The number of aromatic nitrogens is 1. The number of sulfonamides is 1. The molecule has 2 heterocycles. The van der Waals surface area contributed by atoms with Gasteiger partial charge in [0.25, 0.3) is 0 Å². The van der Waals surface area contributed by atoms with Crippen molar-refractivity contribution in [2.24, 2.45) is 16.0 Å². The first-order valence-electron chi connectivity index (χ1n) is 7.45. The molecule has 1 saturated heterocycles. The van der Waals surface area contributed by atoms with Gasteiger partial charge in [-0.25, -0.2) is 8.42 Å². The van der Waals surface area contributed by atoms with Crippen molar-refractivity contribution in [3.63, 3.8) is 0 Å². The molecule has 0 spiro atoms. The second kappa shape index (κ2) is 6.46. The maximum absolute atomic E-state index is 12.8. The number of H-pyrrole nitrogens is 1. The highest BCUT2D eigenvalue weighted by Crippen LogP contribution is 2.37. The van der Waals surface area contributed by atoms with Gasteiger partial charge in [-0.3, -0.25) is 0 Å². The van der Waals surface area contributed by atoms with Crippen molar-refractivity contribution in [3.8, 4) is 5.88 Å². The van der Waals surface area contributed by atoms with Crippen molar-refractivity contribution in [2.75, 3.05) is 13.1 Å². The third-order valence-electron chi connectivity index (χ3n) is 3.92. The number of hydrogen-bond donors (Lipinski definition) is 3. The van der Waals surface area contributed by atoms with Crippen LogP contribution in [0.25, 0.3) is 10.9 Å². The molecule has 10 heteroatoms. The number of piperidine rings is 1. The molecular formula is C14H17N5O3S2. The van der Waals surface area contributed by atoms with Crippen molar-refractivity contribution in [3.05, 3.63) is 18.2 Å². The third-order valence-corrected chi connectivity index (χ3v) is 5.90. The molecule has 1 aromatic heterocycles. The minimum atomic E-state index is -3.58. The quantitative estimate of drug-likeness (QED) is 0.567. The van der Waals surface area contributed by atoms with Crippen LogP contribution in [0.5, 0.6) is 5.88 Å². The van der Waals surface area contributed by atoms with Crippen LogP contribution in [-0.2, 0) is 10.0 Å². The second-order valence-electron chi connectivity index (χ2n) is 5.53. The molecule has 128 valence electrons. The van der Waals surface area contributed by atoms with E-state index in [-0.39, 0.29) is 21.6 Å². The lowest BCUT2D eigenvalue weighted by atomic mass is 10.2. The van der Waals surface area contributed by atoms with Gasteiger partial charge in [0.2, 0.25) is 21.0 Å². The average Bonchev–Trinajstić information content (AvgIpc) is 2.88. The molecule has 4 N–H and O–H groups in total. The molecular weight excluding hydrogens is 350 g/mol. The van der Waals surface area contributed by atoms with Crippen LogP contribution < -0.4 is 5.73 Å². The van der Waals surface area contributed by atoms with Crippen LogP contribution in [-0.4, -0.2) is 41.0 Å². The highest BCUT2D eigenvalue weighted by atomic mass is 32.2. The molecule has 1 fully saturated rings. The van der Waals surface area contributed by atoms with E-state index in [2.05, 4.69) is 27.4 Å². The van der Waals surface area contributed by atoms with E-state index in [9.17, 15) is 13.5 Å². The summed E-state index contributed by atoms with van der Waals surface area (Å²) in [6.45, 7) is 1.04. The van der Waals surface area contributed by atoms with E-state index in [0.29, 0.717) is 24.0 Å². The molecule has 0 saturated carbocycles. The summed E-state index contributed by atoms with van der Waals surface area (Å²) >= 11 is 4.63. The number of aromatic hydroxyl groups is 1. The number of aromatic amines is 1. The van der Waals surface area contributed by atoms with Crippen LogP contribution in [0.15, 0.2) is 33.3 Å². The Balaban J connectivity index is 2.07. The van der Waals surface area contributed by atoms with Crippen molar-refractivity contribution < 1.29 is 13.5 Å². The lowest BCUT2D eigenvalue weighted by molar-refractivity contribution is 0.346. The zero-order chi connectivity index (χ0) is 17.3. The summed E-state index contributed by atoms with van der Waals surface area (Å²) in [5.41, 5.74) is 5.93. The molecule has 0 atom stereocenters. The number of nitrogens with two attached hydrogens (primary N) is 1. The smallest absolute Gasteiger partial charge is 0.243 e. The van der Waals surface area contributed by atoms with Gasteiger partial charge in [-0.2, -0.15) is 4.31 Å². The first-order chi connectivity index (χ1) is 11.4. The van der Waals surface area contributed by atoms with Crippen molar-refractivity contribution >= 4 is 43.9 Å². The number of benzene rings is 1. The molecule has 1 aliphatic heterocycles. The standard InChI is InChI=1S/C14H17N5O3S2/c15-14(23)18-17-12-10-8-9(4-5-11(10)16-13(12)20)24(21,22)19-6-2-1-3-7-19/h4-5,8,16,20H,1-3,6-7H2,(H2,15,23). The van der Waals surface area contributed by atoms with E-state index in [1.807, 2.05) is 0 Å². The second-order valence-corrected chi connectivity index (χ2v) is 7.89. The molecule has 24 heavy (non-hydrogen) atoms. The zero-order valence-electron chi connectivity index (χ0n) is 12.8. The lowest BCUT2D eigenvalue weighted by Crippen LogP contribution is -2.35. The summed E-state index contributed by atoms with van der Waals surface area (Å²) in [6.07, 6.45) is 2.76. The van der Waals surface area contributed by atoms with Crippen LogP contribution in [0.2, 0.25) is 0 Å². The van der Waals surface area contributed by atoms with E-state index in [1.54, 1.807) is 6.07 Å². The molecule has 8 nitrogen and oxygen atoms in total. The number of azo groups is 1. The normalized spacial score (nSPS) is 16.8. The van der Waals surface area contributed by atoms with Gasteiger partial charge in [0.05, 0.1) is 10.4 Å². The monoisotopic (exact) mass is 367 g/mol.